The number of rotatable bonds is 5. The Bertz CT molecular complexity index is 139. The fraction of sp³-hybridized carbons (Fsp3) is 1.00. The number of nitrogens with one attached hydrogen (secondary N) is 1. The molecule has 1 rings (SSSR count). The second-order valence-electron chi connectivity index (χ2n) is 4.84. The maximum atomic E-state index is 3.47. The predicted molar refractivity (Wildman–Crippen MR) is 67.3 cm³/mol. The summed E-state index contributed by atoms with van der Waals surface area (Å²) < 4.78 is 0. The Hall–Kier alpha value is -0.0800. The molecule has 1 aliphatic heterocycles. The van der Waals surface area contributed by atoms with Crippen molar-refractivity contribution in [2.45, 2.75) is 58.4 Å². The largest absolute Gasteiger partial charge is 0.317 e. The summed E-state index contributed by atoms with van der Waals surface area (Å²) in [5.74, 6) is 0. The highest BCUT2D eigenvalue weighted by atomic mass is 15.2. The van der Waals surface area contributed by atoms with E-state index < -0.39 is 0 Å². The Kier molecular flexibility index (Phi) is 7.03. The first-order valence-corrected chi connectivity index (χ1v) is 6.79. The molecule has 1 atom stereocenters. The molecule has 0 aromatic carbocycles. The van der Waals surface area contributed by atoms with Crippen molar-refractivity contribution >= 4 is 0 Å². The van der Waals surface area contributed by atoms with Crippen molar-refractivity contribution in [3.05, 3.63) is 0 Å². The van der Waals surface area contributed by atoms with Gasteiger partial charge in [-0.25, -0.2) is 0 Å². The molecule has 1 N–H and O–H groups in total. The van der Waals surface area contributed by atoms with Gasteiger partial charge in [-0.3, -0.25) is 0 Å². The highest BCUT2D eigenvalue weighted by Gasteiger charge is 2.13. The summed E-state index contributed by atoms with van der Waals surface area (Å²) in [6.07, 6.45) is 8.18. The lowest BCUT2D eigenvalue weighted by molar-refractivity contribution is 0.183. The molecule has 1 heterocycles. The average Bonchev–Trinajstić information content (AvgIpc) is 2.17. The van der Waals surface area contributed by atoms with Crippen molar-refractivity contribution in [3.63, 3.8) is 0 Å². The monoisotopic (exact) mass is 212 g/mol. The standard InChI is InChI=1S/C13H28N2/c1-3-4-5-8-13(2)15-11-6-9-14-10-7-12-15/h13-14H,3-12H2,1-2H3. The fourth-order valence-electron chi connectivity index (χ4n) is 2.36. The van der Waals surface area contributed by atoms with Gasteiger partial charge in [-0.05, 0) is 52.4 Å². The molecule has 0 radical (unpaired) electrons. The van der Waals surface area contributed by atoms with Gasteiger partial charge in [-0.1, -0.05) is 26.2 Å². The Balaban J connectivity index is 2.19. The molecule has 2 heteroatoms. The average molecular weight is 212 g/mol. The molecule has 0 spiro atoms. The minimum atomic E-state index is 0.801. The van der Waals surface area contributed by atoms with Gasteiger partial charge in [0.1, 0.15) is 0 Å². The van der Waals surface area contributed by atoms with E-state index in [2.05, 4.69) is 24.1 Å². The lowest BCUT2D eigenvalue weighted by atomic mass is 10.1. The van der Waals surface area contributed by atoms with Crippen molar-refractivity contribution in [2.24, 2.45) is 0 Å². The van der Waals surface area contributed by atoms with Crippen LogP contribution in [0.2, 0.25) is 0 Å². The van der Waals surface area contributed by atoms with Crippen LogP contribution in [0, 0.1) is 0 Å². The fourth-order valence-corrected chi connectivity index (χ4v) is 2.36. The van der Waals surface area contributed by atoms with Crippen LogP contribution in [-0.4, -0.2) is 37.1 Å². The molecule has 0 aromatic heterocycles. The molecule has 2 nitrogen and oxygen atoms in total. The number of nitrogens with zero attached hydrogens (tertiary/aromatic N) is 1. The summed E-state index contributed by atoms with van der Waals surface area (Å²) in [6, 6.07) is 0.801. The van der Waals surface area contributed by atoms with Crippen LogP contribution in [0.15, 0.2) is 0 Å². The van der Waals surface area contributed by atoms with E-state index in [0.29, 0.717) is 0 Å². The van der Waals surface area contributed by atoms with E-state index in [1.165, 1.54) is 64.7 Å². The van der Waals surface area contributed by atoms with Crippen LogP contribution in [0.4, 0.5) is 0 Å². The van der Waals surface area contributed by atoms with Crippen molar-refractivity contribution in [3.8, 4) is 0 Å². The third-order valence-electron chi connectivity index (χ3n) is 3.45. The maximum Gasteiger partial charge on any atom is 0.00669 e. The molecule has 0 aliphatic carbocycles. The molecule has 0 amide bonds. The summed E-state index contributed by atoms with van der Waals surface area (Å²) in [5.41, 5.74) is 0. The van der Waals surface area contributed by atoms with Gasteiger partial charge in [-0.15, -0.1) is 0 Å². The van der Waals surface area contributed by atoms with Crippen molar-refractivity contribution in [2.75, 3.05) is 26.2 Å². The van der Waals surface area contributed by atoms with Gasteiger partial charge in [-0.2, -0.15) is 0 Å². The Labute approximate surface area is 95.4 Å². The third kappa shape index (κ3) is 5.53. The first kappa shape index (κ1) is 13.0. The molecule has 0 saturated carbocycles. The van der Waals surface area contributed by atoms with Gasteiger partial charge in [0.25, 0.3) is 0 Å². The van der Waals surface area contributed by atoms with Crippen LogP contribution in [0.3, 0.4) is 0 Å². The van der Waals surface area contributed by atoms with Gasteiger partial charge in [0.2, 0.25) is 0 Å². The van der Waals surface area contributed by atoms with E-state index in [4.69, 9.17) is 0 Å². The SMILES string of the molecule is CCCCCC(C)N1CCCNCCC1. The smallest absolute Gasteiger partial charge is 0.00669 e. The Morgan fingerprint density at radius 3 is 2.40 bits per heavy atom. The van der Waals surface area contributed by atoms with E-state index in [1.54, 1.807) is 0 Å². The summed E-state index contributed by atoms with van der Waals surface area (Å²) in [6.45, 7) is 9.69. The summed E-state index contributed by atoms with van der Waals surface area (Å²) in [7, 11) is 0. The van der Waals surface area contributed by atoms with Crippen LogP contribution < -0.4 is 5.32 Å². The maximum absolute atomic E-state index is 3.47. The Morgan fingerprint density at radius 1 is 1.13 bits per heavy atom. The van der Waals surface area contributed by atoms with Gasteiger partial charge < -0.3 is 10.2 Å². The highest BCUT2D eigenvalue weighted by Crippen LogP contribution is 2.11. The second-order valence-corrected chi connectivity index (χ2v) is 4.84. The van der Waals surface area contributed by atoms with E-state index in [1.807, 2.05) is 0 Å². The van der Waals surface area contributed by atoms with E-state index in [0.717, 1.165) is 6.04 Å². The van der Waals surface area contributed by atoms with Crippen LogP contribution in [0.1, 0.15) is 52.4 Å². The number of hydrogen-bond acceptors (Lipinski definition) is 2. The lowest BCUT2D eigenvalue weighted by Crippen LogP contribution is -2.39. The molecule has 15 heavy (non-hydrogen) atoms. The highest BCUT2D eigenvalue weighted by molar-refractivity contribution is 4.70. The van der Waals surface area contributed by atoms with E-state index in [-0.39, 0.29) is 0 Å². The molecule has 1 aliphatic rings. The van der Waals surface area contributed by atoms with Gasteiger partial charge in [0, 0.05) is 6.04 Å². The van der Waals surface area contributed by atoms with Gasteiger partial charge >= 0.3 is 0 Å². The molecular formula is C13H28N2. The van der Waals surface area contributed by atoms with Crippen LogP contribution in [-0.2, 0) is 0 Å². The zero-order chi connectivity index (χ0) is 10.9. The van der Waals surface area contributed by atoms with Crippen LogP contribution >= 0.6 is 0 Å². The number of hydrogen-bond donors (Lipinski definition) is 1. The van der Waals surface area contributed by atoms with Crippen LogP contribution in [0.25, 0.3) is 0 Å². The zero-order valence-corrected chi connectivity index (χ0v) is 10.6. The topological polar surface area (TPSA) is 15.3 Å². The quantitative estimate of drug-likeness (QED) is 0.705. The lowest BCUT2D eigenvalue weighted by Gasteiger charge is -2.30. The van der Waals surface area contributed by atoms with Crippen molar-refractivity contribution in [1.29, 1.82) is 0 Å². The third-order valence-corrected chi connectivity index (χ3v) is 3.45. The molecular weight excluding hydrogens is 184 g/mol. The second kappa shape index (κ2) is 8.12. The summed E-state index contributed by atoms with van der Waals surface area (Å²) in [5, 5.41) is 3.47. The van der Waals surface area contributed by atoms with E-state index in [9.17, 15) is 0 Å². The van der Waals surface area contributed by atoms with Gasteiger partial charge in [0.15, 0.2) is 0 Å². The predicted octanol–water partition coefficient (Wildman–Crippen LogP) is 2.64. The van der Waals surface area contributed by atoms with Crippen molar-refractivity contribution in [1.82, 2.24) is 10.2 Å². The van der Waals surface area contributed by atoms with E-state index >= 15 is 0 Å². The first-order valence-electron chi connectivity index (χ1n) is 6.79. The number of unbranched alkanes of at least 4 members (excludes halogenated alkanes) is 2. The Morgan fingerprint density at radius 2 is 1.80 bits per heavy atom. The first-order chi connectivity index (χ1) is 7.34. The molecule has 90 valence electrons. The van der Waals surface area contributed by atoms with Gasteiger partial charge in [0.05, 0.1) is 0 Å². The minimum absolute atomic E-state index is 0.801. The molecule has 0 bridgehead atoms. The molecule has 1 fully saturated rings. The molecule has 1 unspecified atom stereocenters. The minimum Gasteiger partial charge on any atom is -0.317 e. The van der Waals surface area contributed by atoms with Crippen molar-refractivity contribution < 1.29 is 0 Å². The molecule has 1 saturated heterocycles. The summed E-state index contributed by atoms with van der Waals surface area (Å²) in [4.78, 5) is 2.69. The normalized spacial score (nSPS) is 22.0. The van der Waals surface area contributed by atoms with Crippen LogP contribution in [0.5, 0.6) is 0 Å². The summed E-state index contributed by atoms with van der Waals surface area (Å²) >= 11 is 0. The molecule has 0 aromatic rings. The zero-order valence-electron chi connectivity index (χ0n) is 10.6.